The number of aromatic hydroxyl groups is 6. The molecule has 15 N–H and O–H groups in total. The first-order valence-corrected chi connectivity index (χ1v) is 37.1. The molecule has 0 amide bonds. The van der Waals surface area contributed by atoms with Crippen LogP contribution >= 0.6 is 0 Å². The number of aliphatic hydroxyl groups excluding tert-OH is 6. The average Bonchev–Trinajstić information content (AvgIpc) is 0.833. The van der Waals surface area contributed by atoms with Crippen LogP contribution in [-0.2, 0) is 6.42 Å². The van der Waals surface area contributed by atoms with Crippen LogP contribution in [0.4, 0.5) is 30.7 Å². The van der Waals surface area contributed by atoms with E-state index in [0.29, 0.717) is 62.8 Å². The number of phenolic OH excluding ortho intramolecular Hbond substituents is 6. The molecule has 0 aliphatic carbocycles. The number of phenols is 6. The van der Waals surface area contributed by atoms with E-state index in [2.05, 4.69) is 0 Å². The molecule has 0 aliphatic heterocycles. The predicted octanol–water partition coefficient (Wildman–Crippen LogP) is 17.3. The van der Waals surface area contributed by atoms with Crippen LogP contribution in [0.15, 0.2) is 115 Å². The van der Waals surface area contributed by atoms with Crippen molar-refractivity contribution in [2.45, 2.75) is 153 Å². The van der Waals surface area contributed by atoms with Gasteiger partial charge in [0.25, 0.3) is 0 Å². The Bertz CT molecular complexity index is 3680. The summed E-state index contributed by atoms with van der Waals surface area (Å²) >= 11 is 0. The maximum atomic E-state index is 12.9. The molecule has 0 saturated heterocycles. The summed E-state index contributed by atoms with van der Waals surface area (Å²) < 4.78 is 120. The molecular formula is C85H121F7N2O19. The van der Waals surface area contributed by atoms with Gasteiger partial charge < -0.3 is 100 Å². The van der Waals surface area contributed by atoms with E-state index in [9.17, 15) is 92.0 Å². The van der Waals surface area contributed by atoms with Gasteiger partial charge in [0.05, 0.1) is 49.6 Å². The summed E-state index contributed by atoms with van der Waals surface area (Å²) in [5.74, 6) is 1.77. The van der Waals surface area contributed by atoms with E-state index in [-0.39, 0.29) is 139 Å². The largest absolute Gasteiger partial charge is 0.508 e. The van der Waals surface area contributed by atoms with Crippen molar-refractivity contribution in [3.63, 3.8) is 0 Å². The first-order chi connectivity index (χ1) is 53.3. The highest BCUT2D eigenvalue weighted by Crippen LogP contribution is 2.41. The van der Waals surface area contributed by atoms with Gasteiger partial charge in [-0.2, -0.15) is 0 Å². The van der Waals surface area contributed by atoms with Crippen molar-refractivity contribution < 1.29 is 125 Å². The number of hydrogen-bond acceptors (Lipinski definition) is 20. The normalized spacial score (nSPS) is 12.4. The zero-order chi connectivity index (χ0) is 85.8. The third-order valence-corrected chi connectivity index (χ3v) is 16.3. The van der Waals surface area contributed by atoms with Gasteiger partial charge in [-0.05, 0) is 185 Å². The topological polar surface area (TPSA) is 357 Å². The minimum absolute atomic E-state index is 0.00561. The van der Waals surface area contributed by atoms with Crippen molar-refractivity contribution in [2.75, 3.05) is 86.8 Å². The van der Waals surface area contributed by atoms with Crippen molar-refractivity contribution in [3.8, 4) is 74.7 Å². The summed E-state index contributed by atoms with van der Waals surface area (Å²) in [4.78, 5) is 0. The fourth-order valence-corrected chi connectivity index (χ4v) is 10.2. The van der Waals surface area contributed by atoms with E-state index in [1.165, 1.54) is 66.7 Å². The maximum absolute atomic E-state index is 12.9. The molecule has 0 aliphatic rings. The second kappa shape index (κ2) is 54.4. The van der Waals surface area contributed by atoms with Gasteiger partial charge in [0.1, 0.15) is 109 Å². The Morgan fingerprint density at radius 1 is 0.363 bits per heavy atom. The summed E-state index contributed by atoms with van der Waals surface area (Å²) in [5.41, 5.74) is 11.5. The summed E-state index contributed by atoms with van der Waals surface area (Å²) in [7, 11) is 1.57. The average molecular weight is 1610 g/mol. The van der Waals surface area contributed by atoms with Gasteiger partial charge in [-0.25, -0.2) is 30.7 Å². The van der Waals surface area contributed by atoms with E-state index in [1.807, 2.05) is 102 Å². The van der Waals surface area contributed by atoms with Crippen LogP contribution in [0.2, 0.25) is 0 Å². The minimum atomic E-state index is -0.790. The monoisotopic (exact) mass is 1610 g/mol. The molecule has 28 heteroatoms. The third-order valence-electron chi connectivity index (χ3n) is 16.3. The van der Waals surface area contributed by atoms with Crippen molar-refractivity contribution in [2.24, 2.45) is 41.2 Å². The van der Waals surface area contributed by atoms with Gasteiger partial charge in [0.15, 0.2) is 46.0 Å². The molecule has 7 aromatic rings. The molecule has 6 atom stereocenters. The lowest BCUT2D eigenvalue weighted by Gasteiger charge is -2.17. The quantitative estimate of drug-likeness (QED) is 0.00997. The van der Waals surface area contributed by atoms with Crippen LogP contribution in [0.3, 0.4) is 0 Å². The lowest BCUT2D eigenvalue weighted by Crippen LogP contribution is -2.09. The van der Waals surface area contributed by atoms with Crippen LogP contribution in [0, 0.1) is 60.6 Å². The zero-order valence-electron chi connectivity index (χ0n) is 67.5. The van der Waals surface area contributed by atoms with Crippen LogP contribution in [0.1, 0.15) is 183 Å². The molecule has 0 spiro atoms. The van der Waals surface area contributed by atoms with Gasteiger partial charge in [-0.15, -0.1) is 0 Å². The Kier molecular flexibility index (Phi) is 49.0. The molecule has 7 rings (SSSR count). The molecule has 0 aromatic heterocycles. The number of halogens is 7. The summed E-state index contributed by atoms with van der Waals surface area (Å²) in [6, 6.07) is 29.5. The summed E-state index contributed by atoms with van der Waals surface area (Å²) in [5, 5.41) is 123. The van der Waals surface area contributed by atoms with Crippen LogP contribution in [-0.4, -0.2) is 154 Å². The third kappa shape index (κ3) is 37.9. The Balaban J connectivity index is 0.000000660. The number of aryl methyl sites for hydroxylation is 3. The lowest BCUT2D eigenvalue weighted by molar-refractivity contribution is 0.126. The number of methoxy groups -OCH3 is 1. The van der Waals surface area contributed by atoms with Crippen molar-refractivity contribution in [3.05, 3.63) is 171 Å². The highest BCUT2D eigenvalue weighted by Gasteiger charge is 2.22. The first kappa shape index (κ1) is 102. The number of hydrogen-bond donors (Lipinski definition) is 14. The summed E-state index contributed by atoms with van der Waals surface area (Å²) in [6.07, 6.45) is -1.65. The van der Waals surface area contributed by atoms with E-state index in [0.717, 1.165) is 29.5 Å². The molecular weight excluding hydrogens is 1490 g/mol. The number of nitrogens with one attached hydrogen (secondary N) is 1. The van der Waals surface area contributed by atoms with E-state index < -0.39 is 76.7 Å². The number of aliphatic hydroxyl groups is 6. The molecule has 0 radical (unpaired) electrons. The van der Waals surface area contributed by atoms with E-state index >= 15 is 0 Å². The van der Waals surface area contributed by atoms with Crippen molar-refractivity contribution in [1.29, 1.82) is 5.41 Å². The Morgan fingerprint density at radius 3 is 1.02 bits per heavy atom. The summed E-state index contributed by atoms with van der Waals surface area (Å²) in [6.45, 7) is 22.0. The Hall–Kier alpha value is -9.32. The lowest BCUT2D eigenvalue weighted by atomic mass is 9.98. The van der Waals surface area contributed by atoms with Crippen molar-refractivity contribution >= 4 is 5.84 Å². The predicted molar refractivity (Wildman–Crippen MR) is 424 cm³/mol. The number of rotatable bonds is 35. The fourth-order valence-electron chi connectivity index (χ4n) is 10.2. The van der Waals surface area contributed by atoms with E-state index in [1.54, 1.807) is 50.4 Å². The number of amidine groups is 1. The highest BCUT2D eigenvalue weighted by molar-refractivity contribution is 5.76. The van der Waals surface area contributed by atoms with Gasteiger partial charge in [-0.3, -0.25) is 5.41 Å². The first-order valence-electron chi connectivity index (χ1n) is 37.1. The van der Waals surface area contributed by atoms with Crippen LogP contribution in [0.25, 0.3) is 0 Å². The van der Waals surface area contributed by atoms with E-state index in [4.69, 9.17) is 44.3 Å². The highest BCUT2D eigenvalue weighted by atomic mass is 19.1. The second-order valence-electron chi connectivity index (χ2n) is 28.1. The SMILES string of the molecule is CC(C)C(O)c1cc(O)c(OCCF)c(O)c1.CC(C)[C@H](O)c1cc(O)cc(OCCF)c1.CC(C)[C@H](O)c1cc(O)cc(OCCF)c1.CC(C)[C@H](O)c1ccc(OCCF)c(O)c1.CC(C)[C@H](O)c1ccc(OCCF)c(O)c1.COc1cc(CCCC(=N)N)cc(C)c1OCCF.Cc1cc(C(O)C(C)C)ccc1F. The van der Waals surface area contributed by atoms with Gasteiger partial charge in [-0.1, -0.05) is 113 Å². The Morgan fingerprint density at radius 2 is 0.681 bits per heavy atom. The molecule has 0 fully saturated rings. The number of nitrogens with two attached hydrogens (primary N) is 1. The standard InChI is InChI=1S/C14H21FN2O2.C12H17FO4.4C12H17FO3.C11H15FO/c1-10-8-11(4-3-5-13(16)17)9-12(18-2)14(10)19-7-6-15;1-7(2)11(16)8-5-9(14)12(10(15)6-8)17-4-3-13;2*1-8(2)12(15)9-5-10(14)7-11(6-9)16-4-3-13;2*1-8(2)12(15)9-3-4-11(10(14)7-9)16-6-5-13;1-7(2)11(13)9-4-5-10(12)8(3)6-9/h8-9H,3-7H2,1-2H3,(H3,16,17);5-7,11,14-16H,3-4H2,1-2H3;2*5-8,12,14-15H,3-4H2,1-2H3;2*3-4,7-8,12,14-15H,5-6H2,1-2H3;4-7,11,13H,1-3H3/t;;4*12-;/m..0000./s1. The molecule has 0 heterocycles. The van der Waals surface area contributed by atoms with Crippen LogP contribution < -0.4 is 38.9 Å². The van der Waals surface area contributed by atoms with Gasteiger partial charge in [0.2, 0.25) is 5.75 Å². The molecule has 0 saturated carbocycles. The van der Waals surface area contributed by atoms with Gasteiger partial charge in [0, 0.05) is 18.6 Å². The molecule has 0 bridgehead atoms. The second-order valence-corrected chi connectivity index (χ2v) is 28.1. The molecule has 7 aromatic carbocycles. The van der Waals surface area contributed by atoms with Crippen molar-refractivity contribution in [1.82, 2.24) is 0 Å². The zero-order valence-corrected chi connectivity index (χ0v) is 67.5. The number of benzene rings is 7. The number of ether oxygens (including phenoxy) is 7. The molecule has 2 unspecified atom stereocenters. The maximum Gasteiger partial charge on any atom is 0.203 e. The molecule has 21 nitrogen and oxygen atoms in total. The molecule has 634 valence electrons. The van der Waals surface area contributed by atoms with Gasteiger partial charge >= 0.3 is 0 Å². The smallest absolute Gasteiger partial charge is 0.203 e. The fraction of sp³-hybridized carbons (Fsp3) is 0.494. The Labute approximate surface area is 660 Å². The number of alkyl halides is 6. The van der Waals surface area contributed by atoms with Crippen LogP contribution in [0.5, 0.6) is 74.7 Å². The minimum Gasteiger partial charge on any atom is -0.508 e. The molecule has 113 heavy (non-hydrogen) atoms.